The quantitative estimate of drug-likeness (QED) is 0.674. The molecule has 3 heterocycles. The number of likely N-dealkylation sites (tertiary alicyclic amines) is 1. The Kier molecular flexibility index (Phi) is 5.02. The van der Waals surface area contributed by atoms with Gasteiger partial charge in [0.05, 0.1) is 17.0 Å². The van der Waals surface area contributed by atoms with Gasteiger partial charge in [0.15, 0.2) is 5.76 Å². The third kappa shape index (κ3) is 4.32. The fourth-order valence-corrected chi connectivity index (χ4v) is 4.07. The zero-order valence-electron chi connectivity index (χ0n) is 16.8. The van der Waals surface area contributed by atoms with Crippen molar-refractivity contribution < 1.29 is 4.52 Å². The molecule has 2 aromatic heterocycles. The van der Waals surface area contributed by atoms with Crippen molar-refractivity contribution in [3.8, 4) is 11.3 Å². The van der Waals surface area contributed by atoms with Crippen molar-refractivity contribution in [2.75, 3.05) is 18.4 Å². The first-order chi connectivity index (χ1) is 14.2. The van der Waals surface area contributed by atoms with Crippen molar-refractivity contribution in [3.63, 3.8) is 0 Å². The number of rotatable bonds is 6. The average molecular weight is 390 g/mol. The third-order valence-corrected chi connectivity index (χ3v) is 5.85. The van der Waals surface area contributed by atoms with Gasteiger partial charge in [-0.15, -0.1) is 0 Å². The van der Waals surface area contributed by atoms with Crippen molar-refractivity contribution in [1.82, 2.24) is 20.0 Å². The average Bonchev–Trinajstić information content (AvgIpc) is 3.51. The van der Waals surface area contributed by atoms with Gasteiger partial charge in [-0.05, 0) is 38.2 Å². The fraction of sp³-hybridized carbons (Fsp3) is 0.435. The van der Waals surface area contributed by atoms with E-state index in [9.17, 15) is 0 Å². The van der Waals surface area contributed by atoms with Crippen molar-refractivity contribution >= 4 is 5.95 Å². The Morgan fingerprint density at radius 1 is 1.10 bits per heavy atom. The van der Waals surface area contributed by atoms with Gasteiger partial charge in [0.2, 0.25) is 5.95 Å². The van der Waals surface area contributed by atoms with Crippen LogP contribution >= 0.6 is 0 Å². The van der Waals surface area contributed by atoms with Gasteiger partial charge < -0.3 is 9.84 Å². The highest BCUT2D eigenvalue weighted by atomic mass is 16.5. The molecule has 150 valence electrons. The highest BCUT2D eigenvalue weighted by Crippen LogP contribution is 2.43. The van der Waals surface area contributed by atoms with Crippen LogP contribution in [0, 0.1) is 6.92 Å². The summed E-state index contributed by atoms with van der Waals surface area (Å²) in [4.78, 5) is 12.0. The third-order valence-electron chi connectivity index (χ3n) is 5.85. The summed E-state index contributed by atoms with van der Waals surface area (Å²) >= 11 is 0. The van der Waals surface area contributed by atoms with Gasteiger partial charge in [-0.2, -0.15) is 0 Å². The minimum atomic E-state index is 0.424. The van der Waals surface area contributed by atoms with Crippen molar-refractivity contribution in [2.45, 2.75) is 51.1 Å². The van der Waals surface area contributed by atoms with Crippen LogP contribution in [0.25, 0.3) is 11.3 Å². The van der Waals surface area contributed by atoms with E-state index in [1.165, 1.54) is 18.4 Å². The number of piperidine rings is 1. The minimum Gasteiger partial charge on any atom is -0.356 e. The van der Waals surface area contributed by atoms with Gasteiger partial charge >= 0.3 is 0 Å². The fourth-order valence-electron chi connectivity index (χ4n) is 4.07. The number of hydrogen-bond acceptors (Lipinski definition) is 6. The lowest BCUT2D eigenvalue weighted by Gasteiger charge is -2.32. The molecule has 29 heavy (non-hydrogen) atoms. The molecule has 0 amide bonds. The Morgan fingerprint density at radius 2 is 1.90 bits per heavy atom. The number of nitrogens with zero attached hydrogens (tertiary/aromatic N) is 4. The molecule has 1 aromatic carbocycles. The van der Waals surface area contributed by atoms with Gasteiger partial charge in [0.1, 0.15) is 0 Å². The molecule has 0 bridgehead atoms. The Labute approximate surface area is 171 Å². The SMILES string of the molecule is Cc1cc(-c2cnc(NC3CCN(Cc4ccccc4)CC3)nc2C2CC2)on1. The number of benzene rings is 1. The van der Waals surface area contributed by atoms with Gasteiger partial charge in [0.25, 0.3) is 0 Å². The van der Waals surface area contributed by atoms with Gasteiger partial charge in [-0.3, -0.25) is 4.90 Å². The molecule has 6 nitrogen and oxygen atoms in total. The summed E-state index contributed by atoms with van der Waals surface area (Å²) in [5, 5.41) is 7.59. The topological polar surface area (TPSA) is 67.1 Å². The number of aryl methyl sites for hydroxylation is 1. The standard InChI is InChI=1S/C23H27N5O/c1-16-13-21(29-27-16)20-14-24-23(26-22(20)18-7-8-18)25-19-9-11-28(12-10-19)15-17-5-3-2-4-6-17/h2-6,13-14,18-19H,7-12,15H2,1H3,(H,24,25,26). The molecule has 5 rings (SSSR count). The van der Waals surface area contributed by atoms with Crippen LogP contribution in [-0.4, -0.2) is 39.2 Å². The molecule has 1 aliphatic heterocycles. The summed E-state index contributed by atoms with van der Waals surface area (Å²) in [7, 11) is 0. The number of aromatic nitrogens is 3. The van der Waals surface area contributed by atoms with Crippen LogP contribution in [0.2, 0.25) is 0 Å². The maximum absolute atomic E-state index is 5.46. The van der Waals surface area contributed by atoms with Crippen LogP contribution in [0.1, 0.15) is 48.6 Å². The molecule has 2 aliphatic rings. The van der Waals surface area contributed by atoms with E-state index in [2.05, 4.69) is 50.7 Å². The second-order valence-electron chi connectivity index (χ2n) is 8.28. The monoisotopic (exact) mass is 389 g/mol. The summed E-state index contributed by atoms with van der Waals surface area (Å²) in [5.41, 5.74) is 4.34. The van der Waals surface area contributed by atoms with Gasteiger partial charge in [0, 0.05) is 43.9 Å². The van der Waals surface area contributed by atoms with Crippen LogP contribution in [0.3, 0.4) is 0 Å². The normalized spacial score (nSPS) is 18.1. The molecule has 1 aliphatic carbocycles. The Bertz CT molecular complexity index is 958. The largest absolute Gasteiger partial charge is 0.356 e. The second-order valence-corrected chi connectivity index (χ2v) is 8.28. The first-order valence-corrected chi connectivity index (χ1v) is 10.6. The van der Waals surface area contributed by atoms with E-state index < -0.39 is 0 Å². The van der Waals surface area contributed by atoms with Crippen molar-refractivity contribution in [2.24, 2.45) is 0 Å². The van der Waals surface area contributed by atoms with Crippen LogP contribution < -0.4 is 5.32 Å². The highest BCUT2D eigenvalue weighted by Gasteiger charge is 2.30. The first kappa shape index (κ1) is 18.3. The van der Waals surface area contributed by atoms with Crippen molar-refractivity contribution in [3.05, 3.63) is 59.5 Å². The molecule has 0 radical (unpaired) electrons. The Balaban J connectivity index is 1.23. The van der Waals surface area contributed by atoms with Crippen LogP contribution in [0.5, 0.6) is 0 Å². The molecule has 0 spiro atoms. The van der Waals surface area contributed by atoms with Crippen LogP contribution in [-0.2, 0) is 6.54 Å². The van der Waals surface area contributed by atoms with Crippen molar-refractivity contribution in [1.29, 1.82) is 0 Å². The number of nitrogens with one attached hydrogen (secondary N) is 1. The molecule has 2 fully saturated rings. The molecule has 1 saturated heterocycles. The maximum atomic E-state index is 5.46. The zero-order valence-corrected chi connectivity index (χ0v) is 16.8. The highest BCUT2D eigenvalue weighted by molar-refractivity contribution is 5.62. The van der Waals surface area contributed by atoms with E-state index in [1.54, 1.807) is 0 Å². The second kappa shape index (κ2) is 7.95. The summed E-state index contributed by atoms with van der Waals surface area (Å²) in [6.45, 7) is 5.15. The molecule has 6 heteroatoms. The molecular weight excluding hydrogens is 362 g/mol. The predicted octanol–water partition coefficient (Wildman–Crippen LogP) is 4.39. The van der Waals surface area contributed by atoms with Gasteiger partial charge in [-0.25, -0.2) is 9.97 Å². The smallest absolute Gasteiger partial charge is 0.223 e. The van der Waals surface area contributed by atoms with E-state index in [0.717, 1.165) is 61.1 Å². The van der Waals surface area contributed by atoms with E-state index in [-0.39, 0.29) is 0 Å². The van der Waals surface area contributed by atoms with Crippen LogP contribution in [0.4, 0.5) is 5.95 Å². The summed E-state index contributed by atoms with van der Waals surface area (Å²) < 4.78 is 5.46. The molecule has 1 saturated carbocycles. The lowest BCUT2D eigenvalue weighted by Crippen LogP contribution is -2.39. The van der Waals surface area contributed by atoms with E-state index in [1.807, 2.05) is 19.2 Å². The summed E-state index contributed by atoms with van der Waals surface area (Å²) in [5.74, 6) is 2.03. The first-order valence-electron chi connectivity index (χ1n) is 10.6. The maximum Gasteiger partial charge on any atom is 0.223 e. The van der Waals surface area contributed by atoms with E-state index >= 15 is 0 Å². The molecule has 3 aromatic rings. The molecular formula is C23H27N5O. The minimum absolute atomic E-state index is 0.424. The van der Waals surface area contributed by atoms with E-state index in [4.69, 9.17) is 9.51 Å². The lowest BCUT2D eigenvalue weighted by atomic mass is 10.0. The molecule has 0 unspecified atom stereocenters. The van der Waals surface area contributed by atoms with E-state index in [0.29, 0.717) is 12.0 Å². The Hall–Kier alpha value is -2.73. The van der Waals surface area contributed by atoms with Crippen LogP contribution in [0.15, 0.2) is 47.1 Å². The number of hydrogen-bond donors (Lipinski definition) is 1. The van der Waals surface area contributed by atoms with Gasteiger partial charge in [-0.1, -0.05) is 35.5 Å². The lowest BCUT2D eigenvalue weighted by molar-refractivity contribution is 0.211. The molecule has 0 atom stereocenters. The summed E-state index contributed by atoms with van der Waals surface area (Å²) in [6.07, 6.45) is 6.49. The predicted molar refractivity (Wildman–Crippen MR) is 113 cm³/mol. The zero-order chi connectivity index (χ0) is 19.6. The number of anilines is 1. The summed E-state index contributed by atoms with van der Waals surface area (Å²) in [6, 6.07) is 13.1. The Morgan fingerprint density at radius 3 is 2.59 bits per heavy atom. The molecule has 1 N–H and O–H groups in total.